The fourth-order valence-corrected chi connectivity index (χ4v) is 3.71. The van der Waals surface area contributed by atoms with Gasteiger partial charge in [0.05, 0.1) is 18.8 Å². The van der Waals surface area contributed by atoms with Gasteiger partial charge >= 0.3 is 0 Å². The number of nitrogens with one attached hydrogen (secondary N) is 1. The van der Waals surface area contributed by atoms with Crippen LogP contribution in [0.3, 0.4) is 0 Å². The molecule has 0 bridgehead atoms. The largest absolute Gasteiger partial charge is 0.383 e. The summed E-state index contributed by atoms with van der Waals surface area (Å²) in [5.74, 6) is 0.385. The number of ketones is 1. The fourth-order valence-electron chi connectivity index (χ4n) is 3.71. The highest BCUT2D eigenvalue weighted by Gasteiger charge is 2.35. The molecule has 0 aliphatic carbocycles. The third-order valence-corrected chi connectivity index (χ3v) is 6.48. The average Bonchev–Trinajstić information content (AvgIpc) is 3.08. The smallest absolute Gasteiger partial charge is 0.223 e. The summed E-state index contributed by atoms with van der Waals surface area (Å²) in [6, 6.07) is 0.0596. The van der Waals surface area contributed by atoms with Crippen molar-refractivity contribution in [3.63, 3.8) is 0 Å². The Hall–Kier alpha value is -1.47. The predicted octanol–water partition coefficient (Wildman–Crippen LogP) is 2.28. The molecule has 168 valence electrons. The first-order valence-electron chi connectivity index (χ1n) is 10.7. The van der Waals surface area contributed by atoms with Crippen LogP contribution >= 0.6 is 0 Å². The Morgan fingerprint density at radius 1 is 1.03 bits per heavy atom. The van der Waals surface area contributed by atoms with Gasteiger partial charge in [0.1, 0.15) is 5.78 Å². The van der Waals surface area contributed by atoms with Gasteiger partial charge in [0.15, 0.2) is 0 Å². The van der Waals surface area contributed by atoms with E-state index >= 15 is 0 Å². The van der Waals surface area contributed by atoms with E-state index in [2.05, 4.69) is 12.2 Å². The average molecular weight is 413 g/mol. The lowest BCUT2D eigenvalue weighted by atomic mass is 9.89. The second kappa shape index (κ2) is 12.3. The minimum atomic E-state index is -0.119. The Morgan fingerprint density at radius 2 is 1.69 bits per heavy atom. The number of hydrogen-bond donors (Lipinski definition) is 1. The minimum Gasteiger partial charge on any atom is -0.383 e. The van der Waals surface area contributed by atoms with Crippen molar-refractivity contribution in [2.45, 2.75) is 66.0 Å². The molecule has 4 unspecified atom stereocenters. The maximum absolute atomic E-state index is 12.8. The summed E-state index contributed by atoms with van der Waals surface area (Å²) in [4.78, 5) is 38.4. The first-order valence-corrected chi connectivity index (χ1v) is 10.7. The molecular weight excluding hydrogens is 372 g/mol. The predicted molar refractivity (Wildman–Crippen MR) is 112 cm³/mol. The van der Waals surface area contributed by atoms with E-state index in [1.54, 1.807) is 21.1 Å². The van der Waals surface area contributed by atoms with E-state index in [9.17, 15) is 14.4 Å². The number of hydrogen-bond acceptors (Lipinski definition) is 5. The number of methoxy groups -OCH3 is 2. The zero-order valence-corrected chi connectivity index (χ0v) is 19.2. The molecule has 0 aromatic carbocycles. The third kappa shape index (κ3) is 8.05. The minimum absolute atomic E-state index is 0.0171. The van der Waals surface area contributed by atoms with Crippen LogP contribution in [0.25, 0.3) is 0 Å². The van der Waals surface area contributed by atoms with Gasteiger partial charge in [0.2, 0.25) is 11.8 Å². The lowest BCUT2D eigenvalue weighted by Crippen LogP contribution is -2.40. The summed E-state index contributed by atoms with van der Waals surface area (Å²) in [5.41, 5.74) is 0. The number of Topliss-reactive ketones (excluding diaryl/α,β-unsaturated/α-hetero) is 1. The van der Waals surface area contributed by atoms with Gasteiger partial charge in [-0.25, -0.2) is 0 Å². The fraction of sp³-hybridized carbons (Fsp3) is 0.864. The van der Waals surface area contributed by atoms with Crippen LogP contribution in [-0.2, 0) is 23.9 Å². The maximum atomic E-state index is 12.8. The van der Waals surface area contributed by atoms with Crippen molar-refractivity contribution in [2.75, 3.05) is 33.9 Å². The van der Waals surface area contributed by atoms with Crippen LogP contribution in [0.2, 0.25) is 0 Å². The normalized spacial score (nSPS) is 23.3. The molecule has 0 aromatic heterocycles. The van der Waals surface area contributed by atoms with Crippen LogP contribution in [0.15, 0.2) is 0 Å². The van der Waals surface area contributed by atoms with Crippen molar-refractivity contribution in [1.29, 1.82) is 0 Å². The van der Waals surface area contributed by atoms with Crippen molar-refractivity contribution in [1.82, 2.24) is 10.2 Å². The summed E-state index contributed by atoms with van der Waals surface area (Å²) in [6.07, 6.45) is 1.63. The lowest BCUT2D eigenvalue weighted by molar-refractivity contribution is -0.134. The van der Waals surface area contributed by atoms with Crippen LogP contribution in [-0.4, -0.2) is 68.6 Å². The number of nitrogens with zero attached hydrogens (tertiary/aromatic N) is 1. The monoisotopic (exact) mass is 412 g/mol. The standard InChI is InChI=1S/C22H40N2O5/c1-14(9-22(27)24-12-20(29-7)10-19(24)13-28-6)16(3)11-23-21(26)8-15(2)17(4)18(5)25/h14-17,19-20H,8-13H2,1-7H3,(H,23,26)/t14?,15?,16?,17?,19-,20+/m0/s1. The molecule has 1 N–H and O–H groups in total. The van der Waals surface area contributed by atoms with Crippen LogP contribution in [0.1, 0.15) is 53.9 Å². The van der Waals surface area contributed by atoms with E-state index in [1.165, 1.54) is 0 Å². The number of amides is 2. The van der Waals surface area contributed by atoms with E-state index < -0.39 is 0 Å². The SMILES string of the molecule is COC[C@@H]1C[C@@H](OC)CN1C(=O)CC(C)C(C)CNC(=O)CC(C)C(C)C(C)=O. The van der Waals surface area contributed by atoms with Crippen molar-refractivity contribution in [2.24, 2.45) is 23.7 Å². The van der Waals surface area contributed by atoms with Crippen molar-refractivity contribution < 1.29 is 23.9 Å². The molecule has 0 aromatic rings. The van der Waals surface area contributed by atoms with Crippen LogP contribution in [0, 0.1) is 23.7 Å². The van der Waals surface area contributed by atoms with Crippen LogP contribution < -0.4 is 5.32 Å². The first-order chi connectivity index (χ1) is 13.6. The second-order valence-electron chi connectivity index (χ2n) is 8.79. The summed E-state index contributed by atoms with van der Waals surface area (Å²) >= 11 is 0. The van der Waals surface area contributed by atoms with E-state index in [-0.39, 0.29) is 53.4 Å². The molecule has 0 radical (unpaired) electrons. The quantitative estimate of drug-likeness (QED) is 0.532. The van der Waals surface area contributed by atoms with Gasteiger partial charge in [-0.2, -0.15) is 0 Å². The summed E-state index contributed by atoms with van der Waals surface area (Å²) in [6.45, 7) is 11.1. The molecule has 0 saturated carbocycles. The first kappa shape index (κ1) is 25.6. The van der Waals surface area contributed by atoms with Crippen molar-refractivity contribution in [3.05, 3.63) is 0 Å². The molecule has 0 spiro atoms. The second-order valence-corrected chi connectivity index (χ2v) is 8.79. The molecule has 29 heavy (non-hydrogen) atoms. The Kier molecular flexibility index (Phi) is 10.8. The highest BCUT2D eigenvalue weighted by atomic mass is 16.5. The molecule has 1 heterocycles. The number of carbonyl (C=O) groups excluding carboxylic acids is 3. The topological polar surface area (TPSA) is 84.9 Å². The molecule has 6 atom stereocenters. The molecule has 1 fully saturated rings. The van der Waals surface area contributed by atoms with Crippen LogP contribution in [0.5, 0.6) is 0 Å². The molecule has 1 rings (SSSR count). The summed E-state index contributed by atoms with van der Waals surface area (Å²) in [5, 5.41) is 2.96. The number of carbonyl (C=O) groups is 3. The number of likely N-dealkylation sites (tertiary alicyclic amines) is 1. The van der Waals surface area contributed by atoms with Gasteiger partial charge < -0.3 is 19.7 Å². The molecule has 1 saturated heterocycles. The van der Waals surface area contributed by atoms with Crippen molar-refractivity contribution in [3.8, 4) is 0 Å². The van der Waals surface area contributed by atoms with Gasteiger partial charge in [-0.05, 0) is 31.1 Å². The molecular formula is C22H40N2O5. The van der Waals surface area contributed by atoms with Gasteiger partial charge in [0.25, 0.3) is 0 Å². The van der Waals surface area contributed by atoms with Crippen LogP contribution in [0.4, 0.5) is 0 Å². The summed E-state index contributed by atoms with van der Waals surface area (Å²) in [7, 11) is 3.32. The van der Waals surface area contributed by atoms with Gasteiger partial charge in [-0.3, -0.25) is 14.4 Å². The Balaban J connectivity index is 2.46. The van der Waals surface area contributed by atoms with Crippen molar-refractivity contribution >= 4 is 17.6 Å². The molecule has 7 heteroatoms. The molecule has 1 aliphatic rings. The highest BCUT2D eigenvalue weighted by molar-refractivity contribution is 5.80. The molecule has 7 nitrogen and oxygen atoms in total. The maximum Gasteiger partial charge on any atom is 0.223 e. The number of ether oxygens (including phenoxy) is 2. The van der Waals surface area contributed by atoms with Gasteiger partial charge in [0, 0.05) is 46.1 Å². The highest BCUT2D eigenvalue weighted by Crippen LogP contribution is 2.24. The summed E-state index contributed by atoms with van der Waals surface area (Å²) < 4.78 is 10.7. The van der Waals surface area contributed by atoms with Gasteiger partial charge in [-0.1, -0.05) is 27.7 Å². The van der Waals surface area contributed by atoms with E-state index in [0.29, 0.717) is 32.5 Å². The molecule has 2 amide bonds. The Bertz CT molecular complexity index is 553. The zero-order valence-electron chi connectivity index (χ0n) is 19.2. The van der Waals surface area contributed by atoms with Gasteiger partial charge in [-0.15, -0.1) is 0 Å². The Labute approximate surface area is 175 Å². The lowest BCUT2D eigenvalue weighted by Gasteiger charge is -2.27. The number of rotatable bonds is 12. The Morgan fingerprint density at radius 3 is 2.24 bits per heavy atom. The zero-order chi connectivity index (χ0) is 22.1. The third-order valence-electron chi connectivity index (χ3n) is 6.48. The van der Waals surface area contributed by atoms with E-state index in [0.717, 1.165) is 6.42 Å². The van der Waals surface area contributed by atoms with E-state index in [1.807, 2.05) is 25.7 Å². The van der Waals surface area contributed by atoms with E-state index in [4.69, 9.17) is 9.47 Å². The molecule has 1 aliphatic heterocycles.